The van der Waals surface area contributed by atoms with E-state index >= 15 is 0 Å². The summed E-state index contributed by atoms with van der Waals surface area (Å²) in [5, 5.41) is 34.7. The molecule has 0 radical (unpaired) electrons. The van der Waals surface area contributed by atoms with Crippen LogP contribution in [0.15, 0.2) is 124 Å². The van der Waals surface area contributed by atoms with Gasteiger partial charge in [0.15, 0.2) is 0 Å². The van der Waals surface area contributed by atoms with Gasteiger partial charge in [-0.2, -0.15) is 15.8 Å². The zero-order valence-electron chi connectivity index (χ0n) is 23.1. The summed E-state index contributed by atoms with van der Waals surface area (Å²) in [5.41, 5.74) is 8.17. The van der Waals surface area contributed by atoms with Crippen molar-refractivity contribution in [2.45, 2.75) is 0 Å². The van der Waals surface area contributed by atoms with Crippen LogP contribution < -0.4 is 0 Å². The Kier molecular flexibility index (Phi) is 5.56. The SMILES string of the molecule is N#Cc1cccc(C#N)c1-c1cc(-c2ccc3c(c2)oc2ccccc23)cc(-c2ccc3c(c2)oc2ccccc23)c1C#N. The molecule has 0 atom stereocenters. The molecule has 2 aromatic heterocycles. The summed E-state index contributed by atoms with van der Waals surface area (Å²) in [7, 11) is 0. The second kappa shape index (κ2) is 9.74. The average molecular weight is 562 g/mol. The maximum Gasteiger partial charge on any atom is 0.136 e. The number of nitriles is 3. The average Bonchev–Trinajstić information content (AvgIpc) is 3.64. The molecule has 0 N–H and O–H groups in total. The van der Waals surface area contributed by atoms with Gasteiger partial charge in [-0.25, -0.2) is 0 Å². The van der Waals surface area contributed by atoms with Gasteiger partial charge < -0.3 is 8.83 Å². The second-order valence-corrected chi connectivity index (χ2v) is 10.6. The fourth-order valence-corrected chi connectivity index (χ4v) is 6.18. The van der Waals surface area contributed by atoms with E-state index in [-0.39, 0.29) is 0 Å². The van der Waals surface area contributed by atoms with E-state index in [2.05, 4.69) is 18.2 Å². The first-order valence-electron chi connectivity index (χ1n) is 14.0. The number of benzene rings is 6. The Morgan fingerprint density at radius 3 is 1.52 bits per heavy atom. The molecule has 5 heteroatoms. The molecule has 2 heterocycles. The van der Waals surface area contributed by atoms with Crippen molar-refractivity contribution in [3.63, 3.8) is 0 Å². The van der Waals surface area contributed by atoms with Crippen molar-refractivity contribution >= 4 is 43.9 Å². The van der Waals surface area contributed by atoms with Crippen LogP contribution in [0, 0.1) is 34.0 Å². The number of hydrogen-bond donors (Lipinski definition) is 0. The molecule has 44 heavy (non-hydrogen) atoms. The van der Waals surface area contributed by atoms with Gasteiger partial charge in [-0.3, -0.25) is 0 Å². The van der Waals surface area contributed by atoms with Gasteiger partial charge >= 0.3 is 0 Å². The van der Waals surface area contributed by atoms with Crippen molar-refractivity contribution < 1.29 is 8.83 Å². The van der Waals surface area contributed by atoms with Crippen LogP contribution in [0.25, 0.3) is 77.3 Å². The first-order chi connectivity index (χ1) is 21.7. The van der Waals surface area contributed by atoms with E-state index in [1.54, 1.807) is 18.2 Å². The highest BCUT2D eigenvalue weighted by Crippen LogP contribution is 2.42. The van der Waals surface area contributed by atoms with Gasteiger partial charge in [-0.15, -0.1) is 0 Å². The van der Waals surface area contributed by atoms with E-state index < -0.39 is 0 Å². The quantitative estimate of drug-likeness (QED) is 0.214. The van der Waals surface area contributed by atoms with Crippen LogP contribution in [-0.2, 0) is 0 Å². The van der Waals surface area contributed by atoms with Gasteiger partial charge in [0.1, 0.15) is 28.4 Å². The molecule has 8 aromatic rings. The standard InChI is InChI=1S/C39H19N3O2/c40-20-25-6-5-7-26(21-41)39(25)33-17-27(23-12-14-30-28-8-1-3-10-35(28)43-37(30)18-23)16-32(34(33)22-42)24-13-15-31-29-9-2-4-11-36(29)44-38(31)19-24/h1-19H. The van der Waals surface area contributed by atoms with E-state index in [1.165, 1.54) is 0 Å². The van der Waals surface area contributed by atoms with Crippen molar-refractivity contribution in [1.82, 2.24) is 0 Å². The zero-order chi connectivity index (χ0) is 29.8. The molecule has 8 rings (SSSR count). The Balaban J connectivity index is 1.43. The largest absolute Gasteiger partial charge is 0.456 e. The number of fused-ring (bicyclic) bond motifs is 6. The van der Waals surface area contributed by atoms with Crippen LogP contribution in [0.4, 0.5) is 0 Å². The third-order valence-electron chi connectivity index (χ3n) is 8.23. The predicted octanol–water partition coefficient (Wildman–Crippen LogP) is 10.1. The van der Waals surface area contributed by atoms with Crippen molar-refractivity contribution in [2.75, 3.05) is 0 Å². The predicted molar refractivity (Wildman–Crippen MR) is 171 cm³/mol. The minimum absolute atomic E-state index is 0.323. The van der Waals surface area contributed by atoms with E-state index in [9.17, 15) is 15.8 Å². The number of rotatable bonds is 3. The highest BCUT2D eigenvalue weighted by molar-refractivity contribution is 6.07. The van der Waals surface area contributed by atoms with Gasteiger partial charge in [0.25, 0.3) is 0 Å². The molecular weight excluding hydrogens is 542 g/mol. The minimum Gasteiger partial charge on any atom is -0.456 e. The number of para-hydroxylation sites is 2. The molecule has 0 bridgehead atoms. The lowest BCUT2D eigenvalue weighted by molar-refractivity contribution is 0.668. The fraction of sp³-hybridized carbons (Fsp3) is 0. The number of nitrogens with zero attached hydrogens (tertiary/aromatic N) is 3. The molecule has 5 nitrogen and oxygen atoms in total. The number of furan rings is 2. The summed E-state index contributed by atoms with van der Waals surface area (Å²) in [6, 6.07) is 43.6. The lowest BCUT2D eigenvalue weighted by Crippen LogP contribution is -1.97. The molecular formula is C39H19N3O2. The Bertz CT molecular complexity index is 2570. The maximum absolute atomic E-state index is 10.6. The highest BCUT2D eigenvalue weighted by Gasteiger charge is 2.21. The maximum atomic E-state index is 10.6. The lowest BCUT2D eigenvalue weighted by atomic mass is 9.85. The molecule has 0 aliphatic carbocycles. The first kappa shape index (κ1) is 25.1. The van der Waals surface area contributed by atoms with Gasteiger partial charge in [-0.1, -0.05) is 54.6 Å². The molecule has 0 unspecified atom stereocenters. The molecule has 0 spiro atoms. The number of hydrogen-bond acceptors (Lipinski definition) is 5. The molecule has 0 fully saturated rings. The van der Waals surface area contributed by atoms with Gasteiger partial charge in [-0.05, 0) is 77.4 Å². The zero-order valence-corrected chi connectivity index (χ0v) is 23.1. The summed E-state index contributed by atoms with van der Waals surface area (Å²) in [6.45, 7) is 0. The van der Waals surface area contributed by atoms with Crippen molar-refractivity contribution in [2.24, 2.45) is 0 Å². The van der Waals surface area contributed by atoms with Crippen molar-refractivity contribution in [3.05, 3.63) is 132 Å². The van der Waals surface area contributed by atoms with Gasteiger partial charge in [0.05, 0.1) is 28.8 Å². The Morgan fingerprint density at radius 2 is 0.932 bits per heavy atom. The van der Waals surface area contributed by atoms with E-state index in [0.717, 1.165) is 55.0 Å². The van der Waals surface area contributed by atoms with Crippen LogP contribution in [0.3, 0.4) is 0 Å². The first-order valence-corrected chi connectivity index (χ1v) is 14.0. The highest BCUT2D eigenvalue weighted by atomic mass is 16.3. The summed E-state index contributed by atoms with van der Waals surface area (Å²) < 4.78 is 12.4. The molecule has 0 aliphatic rings. The monoisotopic (exact) mass is 561 g/mol. The lowest BCUT2D eigenvalue weighted by Gasteiger charge is -2.16. The second-order valence-electron chi connectivity index (χ2n) is 10.6. The normalized spacial score (nSPS) is 11.1. The van der Waals surface area contributed by atoms with Crippen LogP contribution in [0.2, 0.25) is 0 Å². The minimum atomic E-state index is 0.323. The molecule has 0 aliphatic heterocycles. The van der Waals surface area contributed by atoms with Crippen LogP contribution in [-0.4, -0.2) is 0 Å². The van der Waals surface area contributed by atoms with Gasteiger partial charge in [0.2, 0.25) is 0 Å². The van der Waals surface area contributed by atoms with E-state index in [1.807, 2.05) is 97.1 Å². The summed E-state index contributed by atoms with van der Waals surface area (Å²) in [4.78, 5) is 0. The van der Waals surface area contributed by atoms with Crippen molar-refractivity contribution in [1.29, 1.82) is 15.8 Å². The summed E-state index contributed by atoms with van der Waals surface area (Å²) in [5.74, 6) is 0. The van der Waals surface area contributed by atoms with Crippen LogP contribution in [0.5, 0.6) is 0 Å². The Hall–Kier alpha value is -6.61. The fourth-order valence-electron chi connectivity index (χ4n) is 6.18. The van der Waals surface area contributed by atoms with Crippen LogP contribution >= 0.6 is 0 Å². The van der Waals surface area contributed by atoms with Crippen molar-refractivity contribution in [3.8, 4) is 51.6 Å². The van der Waals surface area contributed by atoms with E-state index in [0.29, 0.717) is 39.0 Å². The van der Waals surface area contributed by atoms with Crippen LogP contribution in [0.1, 0.15) is 16.7 Å². The topological polar surface area (TPSA) is 97.7 Å². The summed E-state index contributed by atoms with van der Waals surface area (Å²) in [6.07, 6.45) is 0. The third-order valence-corrected chi connectivity index (χ3v) is 8.23. The Labute approximate surface area is 251 Å². The third kappa shape index (κ3) is 3.77. The molecule has 0 saturated carbocycles. The van der Waals surface area contributed by atoms with E-state index in [4.69, 9.17) is 8.83 Å². The smallest absolute Gasteiger partial charge is 0.136 e. The summed E-state index contributed by atoms with van der Waals surface area (Å²) >= 11 is 0. The molecule has 6 aromatic carbocycles. The molecule has 0 saturated heterocycles. The molecule has 202 valence electrons. The van der Waals surface area contributed by atoms with Gasteiger partial charge in [0, 0.05) is 38.2 Å². The molecule has 0 amide bonds. The Morgan fingerprint density at radius 1 is 0.409 bits per heavy atom.